The normalized spacial score (nSPS) is 11.1. The summed E-state index contributed by atoms with van der Waals surface area (Å²) in [5.74, 6) is 0. The van der Waals surface area contributed by atoms with Gasteiger partial charge in [0.15, 0.2) is 0 Å². The topological polar surface area (TPSA) is 37.8 Å². The summed E-state index contributed by atoms with van der Waals surface area (Å²) in [6.07, 6.45) is 9.20. The van der Waals surface area contributed by atoms with Crippen LogP contribution < -0.4 is 5.32 Å². The standard InChI is InChI=1S/C15H22ClN3S/c1-2-3-4-5-6-7-8-11-17-14-12(16)9-10-13-15(14)19-20-18-13/h9-10,17H,2-8,11H2,1H3. The summed E-state index contributed by atoms with van der Waals surface area (Å²) in [4.78, 5) is 0. The molecule has 5 heteroatoms. The van der Waals surface area contributed by atoms with E-state index in [1.807, 2.05) is 12.1 Å². The highest BCUT2D eigenvalue weighted by Crippen LogP contribution is 2.29. The molecule has 0 saturated heterocycles. The summed E-state index contributed by atoms with van der Waals surface area (Å²) >= 11 is 7.46. The number of hydrogen-bond donors (Lipinski definition) is 1. The van der Waals surface area contributed by atoms with E-state index in [-0.39, 0.29) is 0 Å². The number of nitrogens with zero attached hydrogens (tertiary/aromatic N) is 2. The van der Waals surface area contributed by atoms with Crippen molar-refractivity contribution in [1.29, 1.82) is 0 Å². The number of nitrogens with one attached hydrogen (secondary N) is 1. The minimum Gasteiger partial charge on any atom is -0.382 e. The molecule has 1 N–H and O–H groups in total. The zero-order chi connectivity index (χ0) is 14.2. The number of fused-ring (bicyclic) bond motifs is 1. The third-order valence-electron chi connectivity index (χ3n) is 3.46. The fourth-order valence-corrected chi connectivity index (χ4v) is 3.05. The Bertz CT molecular complexity index is 527. The molecule has 0 spiro atoms. The Morgan fingerprint density at radius 2 is 1.80 bits per heavy atom. The highest BCUT2D eigenvalue weighted by molar-refractivity contribution is 7.00. The van der Waals surface area contributed by atoms with E-state index in [4.69, 9.17) is 11.6 Å². The number of hydrogen-bond acceptors (Lipinski definition) is 4. The van der Waals surface area contributed by atoms with Crippen LogP contribution in [0, 0.1) is 0 Å². The van der Waals surface area contributed by atoms with Gasteiger partial charge in [-0.2, -0.15) is 8.75 Å². The number of aromatic nitrogens is 2. The van der Waals surface area contributed by atoms with Gasteiger partial charge >= 0.3 is 0 Å². The molecule has 1 aromatic heterocycles. The lowest BCUT2D eigenvalue weighted by Crippen LogP contribution is -2.02. The lowest BCUT2D eigenvalue weighted by molar-refractivity contribution is 0.596. The van der Waals surface area contributed by atoms with Crippen LogP contribution >= 0.6 is 23.3 Å². The zero-order valence-electron chi connectivity index (χ0n) is 12.0. The second kappa shape index (κ2) is 8.42. The molecule has 0 bridgehead atoms. The van der Waals surface area contributed by atoms with Gasteiger partial charge < -0.3 is 5.32 Å². The summed E-state index contributed by atoms with van der Waals surface area (Å²) in [5.41, 5.74) is 2.75. The summed E-state index contributed by atoms with van der Waals surface area (Å²) < 4.78 is 8.55. The van der Waals surface area contributed by atoms with E-state index < -0.39 is 0 Å². The van der Waals surface area contributed by atoms with Crippen molar-refractivity contribution in [2.75, 3.05) is 11.9 Å². The number of rotatable bonds is 9. The lowest BCUT2D eigenvalue weighted by atomic mass is 10.1. The minimum absolute atomic E-state index is 0.730. The summed E-state index contributed by atoms with van der Waals surface area (Å²) in [5, 5.41) is 4.15. The highest BCUT2D eigenvalue weighted by atomic mass is 35.5. The first kappa shape index (κ1) is 15.5. The van der Waals surface area contributed by atoms with Crippen molar-refractivity contribution in [1.82, 2.24) is 8.75 Å². The predicted octanol–water partition coefficient (Wildman–Crippen LogP) is 5.51. The third-order valence-corrected chi connectivity index (χ3v) is 4.32. The average molecular weight is 312 g/mol. The number of unbranched alkanes of at least 4 members (excludes halogenated alkanes) is 6. The molecule has 0 amide bonds. The van der Waals surface area contributed by atoms with Crippen molar-refractivity contribution in [2.24, 2.45) is 0 Å². The molecule has 0 radical (unpaired) electrons. The third kappa shape index (κ3) is 4.32. The van der Waals surface area contributed by atoms with Gasteiger partial charge in [0.25, 0.3) is 0 Å². The number of benzene rings is 1. The van der Waals surface area contributed by atoms with E-state index in [0.717, 1.165) is 28.3 Å². The Hall–Kier alpha value is -0.870. The second-order valence-electron chi connectivity index (χ2n) is 5.10. The minimum atomic E-state index is 0.730. The fourth-order valence-electron chi connectivity index (χ4n) is 2.29. The molecule has 20 heavy (non-hydrogen) atoms. The smallest absolute Gasteiger partial charge is 0.129 e. The molecule has 2 rings (SSSR count). The molecule has 1 aromatic carbocycles. The Balaban J connectivity index is 1.73. The average Bonchev–Trinajstić information content (AvgIpc) is 2.92. The first-order chi connectivity index (χ1) is 9.83. The van der Waals surface area contributed by atoms with Crippen molar-refractivity contribution in [3.8, 4) is 0 Å². The van der Waals surface area contributed by atoms with Crippen LogP contribution in [0.3, 0.4) is 0 Å². The second-order valence-corrected chi connectivity index (χ2v) is 6.04. The van der Waals surface area contributed by atoms with Gasteiger partial charge in [0.2, 0.25) is 0 Å². The van der Waals surface area contributed by atoms with Crippen molar-refractivity contribution in [3.63, 3.8) is 0 Å². The number of anilines is 1. The largest absolute Gasteiger partial charge is 0.382 e. The fraction of sp³-hybridized carbons (Fsp3) is 0.600. The Morgan fingerprint density at radius 1 is 1.05 bits per heavy atom. The van der Waals surface area contributed by atoms with E-state index >= 15 is 0 Å². The maximum atomic E-state index is 6.23. The van der Waals surface area contributed by atoms with Crippen LogP contribution in [0.5, 0.6) is 0 Å². The SMILES string of the molecule is CCCCCCCCCNc1c(Cl)ccc2nsnc12. The van der Waals surface area contributed by atoms with Crippen molar-refractivity contribution in [2.45, 2.75) is 51.9 Å². The maximum Gasteiger partial charge on any atom is 0.129 e. The molecule has 3 nitrogen and oxygen atoms in total. The monoisotopic (exact) mass is 311 g/mol. The van der Waals surface area contributed by atoms with Gasteiger partial charge in [0.05, 0.1) is 22.4 Å². The molecule has 0 unspecified atom stereocenters. The van der Waals surface area contributed by atoms with Gasteiger partial charge in [-0.3, -0.25) is 0 Å². The molecule has 0 aliphatic carbocycles. The van der Waals surface area contributed by atoms with Gasteiger partial charge in [-0.1, -0.05) is 57.0 Å². The van der Waals surface area contributed by atoms with E-state index in [1.54, 1.807) is 0 Å². The van der Waals surface area contributed by atoms with Gasteiger partial charge in [0.1, 0.15) is 11.0 Å². The molecule has 0 aliphatic heterocycles. The first-order valence-corrected chi connectivity index (χ1v) is 8.58. The Kier molecular flexibility index (Phi) is 6.54. The van der Waals surface area contributed by atoms with Crippen LogP contribution in [-0.2, 0) is 0 Å². The van der Waals surface area contributed by atoms with Crippen LogP contribution in [0.2, 0.25) is 5.02 Å². The molecule has 0 fully saturated rings. The molecule has 0 saturated carbocycles. The van der Waals surface area contributed by atoms with Gasteiger partial charge in [-0.05, 0) is 18.6 Å². The first-order valence-electron chi connectivity index (χ1n) is 7.47. The van der Waals surface area contributed by atoms with Crippen molar-refractivity contribution >= 4 is 40.0 Å². The van der Waals surface area contributed by atoms with Crippen LogP contribution in [0.4, 0.5) is 5.69 Å². The molecule has 0 aliphatic rings. The molecular weight excluding hydrogens is 290 g/mol. The number of halogens is 1. The molecule has 110 valence electrons. The Morgan fingerprint density at radius 3 is 2.60 bits per heavy atom. The van der Waals surface area contributed by atoms with Crippen LogP contribution in [-0.4, -0.2) is 15.3 Å². The van der Waals surface area contributed by atoms with E-state index in [1.165, 1.54) is 56.7 Å². The summed E-state index contributed by atoms with van der Waals surface area (Å²) in [7, 11) is 0. The van der Waals surface area contributed by atoms with E-state index in [0.29, 0.717) is 0 Å². The van der Waals surface area contributed by atoms with Gasteiger partial charge in [-0.15, -0.1) is 0 Å². The lowest BCUT2D eigenvalue weighted by Gasteiger charge is -2.08. The molecule has 2 aromatic rings. The molecular formula is C15H22ClN3S. The van der Waals surface area contributed by atoms with Gasteiger partial charge in [-0.25, -0.2) is 0 Å². The quantitative estimate of drug-likeness (QED) is 0.621. The van der Waals surface area contributed by atoms with Gasteiger partial charge in [0, 0.05) is 6.54 Å². The summed E-state index contributed by atoms with van der Waals surface area (Å²) in [6.45, 7) is 3.20. The van der Waals surface area contributed by atoms with Crippen LogP contribution in [0.15, 0.2) is 12.1 Å². The molecule has 0 atom stereocenters. The van der Waals surface area contributed by atoms with Crippen LogP contribution in [0.1, 0.15) is 51.9 Å². The maximum absolute atomic E-state index is 6.23. The molecule has 1 heterocycles. The van der Waals surface area contributed by atoms with Crippen molar-refractivity contribution < 1.29 is 0 Å². The van der Waals surface area contributed by atoms with E-state index in [2.05, 4.69) is 21.0 Å². The predicted molar refractivity (Wildman–Crippen MR) is 88.9 cm³/mol. The van der Waals surface area contributed by atoms with E-state index in [9.17, 15) is 0 Å². The Labute approximate surface area is 130 Å². The zero-order valence-corrected chi connectivity index (χ0v) is 13.6. The summed E-state index contributed by atoms with van der Waals surface area (Å²) in [6, 6.07) is 3.80. The highest BCUT2D eigenvalue weighted by Gasteiger charge is 2.08. The van der Waals surface area contributed by atoms with Crippen LogP contribution in [0.25, 0.3) is 11.0 Å². The van der Waals surface area contributed by atoms with Crippen molar-refractivity contribution in [3.05, 3.63) is 17.2 Å².